The predicted molar refractivity (Wildman–Crippen MR) is 77.8 cm³/mol. The van der Waals surface area contributed by atoms with E-state index in [2.05, 4.69) is 24.5 Å². The fourth-order valence-corrected chi connectivity index (χ4v) is 1.53. The van der Waals surface area contributed by atoms with Crippen LogP contribution in [0.15, 0.2) is 0 Å². The fraction of sp³-hybridized carbons (Fsp3) is 0.857. The minimum absolute atomic E-state index is 0.379. The molecule has 1 atom stereocenters. The number of hydrogen-bond donors (Lipinski definition) is 3. The molecule has 0 aliphatic rings. The number of urea groups is 1. The second kappa shape index (κ2) is 11.5. The van der Waals surface area contributed by atoms with Crippen LogP contribution in [0, 0.1) is 5.92 Å². The number of ether oxygens (including phenoxy) is 1. The lowest BCUT2D eigenvalue weighted by Gasteiger charge is -2.14. The van der Waals surface area contributed by atoms with Crippen molar-refractivity contribution < 1.29 is 19.4 Å². The molecule has 118 valence electrons. The lowest BCUT2D eigenvalue weighted by Crippen LogP contribution is -2.46. The number of nitrogens with one attached hydrogen (secondary N) is 2. The second-order valence-corrected chi connectivity index (χ2v) is 5.23. The minimum Gasteiger partial charge on any atom is -0.480 e. The van der Waals surface area contributed by atoms with Gasteiger partial charge in [0.05, 0.1) is 6.61 Å². The number of carbonyl (C=O) groups is 2. The summed E-state index contributed by atoms with van der Waals surface area (Å²) in [6.07, 6.45) is 3.11. The van der Waals surface area contributed by atoms with Crippen LogP contribution >= 0.6 is 0 Å². The van der Waals surface area contributed by atoms with Crippen molar-refractivity contribution in [3.63, 3.8) is 0 Å². The largest absolute Gasteiger partial charge is 0.480 e. The van der Waals surface area contributed by atoms with E-state index < -0.39 is 18.0 Å². The van der Waals surface area contributed by atoms with Gasteiger partial charge in [-0.3, -0.25) is 0 Å². The van der Waals surface area contributed by atoms with Crippen molar-refractivity contribution in [1.29, 1.82) is 0 Å². The molecule has 0 saturated carbocycles. The molecule has 2 amide bonds. The molecule has 6 heteroatoms. The van der Waals surface area contributed by atoms with Crippen molar-refractivity contribution in [2.75, 3.05) is 19.8 Å². The van der Waals surface area contributed by atoms with Crippen molar-refractivity contribution in [3.05, 3.63) is 0 Å². The Labute approximate surface area is 121 Å². The lowest BCUT2D eigenvalue weighted by atomic mass is 10.1. The van der Waals surface area contributed by atoms with Gasteiger partial charge in [0.15, 0.2) is 0 Å². The third-order valence-corrected chi connectivity index (χ3v) is 2.82. The van der Waals surface area contributed by atoms with E-state index in [0.29, 0.717) is 32.1 Å². The molecule has 0 aromatic heterocycles. The van der Waals surface area contributed by atoms with Crippen LogP contribution in [0.1, 0.15) is 46.5 Å². The Morgan fingerprint density at radius 2 is 1.90 bits per heavy atom. The highest BCUT2D eigenvalue weighted by molar-refractivity contribution is 5.82. The second-order valence-electron chi connectivity index (χ2n) is 5.23. The Balaban J connectivity index is 3.71. The zero-order chi connectivity index (χ0) is 15.4. The Morgan fingerprint density at radius 3 is 2.45 bits per heavy atom. The van der Waals surface area contributed by atoms with E-state index >= 15 is 0 Å². The molecule has 0 rings (SSSR count). The van der Waals surface area contributed by atoms with Crippen LogP contribution in [0.4, 0.5) is 4.79 Å². The molecule has 0 radical (unpaired) electrons. The van der Waals surface area contributed by atoms with Gasteiger partial charge in [0, 0.05) is 13.2 Å². The van der Waals surface area contributed by atoms with Crippen molar-refractivity contribution in [1.82, 2.24) is 10.6 Å². The van der Waals surface area contributed by atoms with Crippen LogP contribution in [-0.4, -0.2) is 42.9 Å². The molecular weight excluding hydrogens is 260 g/mol. The molecule has 0 unspecified atom stereocenters. The van der Waals surface area contributed by atoms with E-state index in [1.165, 1.54) is 0 Å². The highest BCUT2D eigenvalue weighted by Gasteiger charge is 2.18. The summed E-state index contributed by atoms with van der Waals surface area (Å²) in [5.41, 5.74) is 0. The summed E-state index contributed by atoms with van der Waals surface area (Å²) in [6, 6.07) is -1.28. The van der Waals surface area contributed by atoms with E-state index in [1.54, 1.807) is 0 Å². The minimum atomic E-state index is -0.998. The fourth-order valence-electron chi connectivity index (χ4n) is 1.53. The first kappa shape index (κ1) is 18.7. The van der Waals surface area contributed by atoms with Gasteiger partial charge in [0.2, 0.25) is 0 Å². The Morgan fingerprint density at radius 1 is 1.20 bits per heavy atom. The molecule has 0 aliphatic heterocycles. The first-order valence-electron chi connectivity index (χ1n) is 7.32. The standard InChI is InChI=1S/C14H28N2O4/c1-4-5-6-12(13(17)18)16-14(19)15-8-10-20-9-7-11(2)3/h11-12H,4-10H2,1-3H3,(H,17,18)(H2,15,16,19)/t12-/m0/s1. The summed E-state index contributed by atoms with van der Waals surface area (Å²) in [5.74, 6) is -0.400. The van der Waals surface area contributed by atoms with Crippen molar-refractivity contribution in [2.24, 2.45) is 5.92 Å². The van der Waals surface area contributed by atoms with Crippen molar-refractivity contribution in [2.45, 2.75) is 52.5 Å². The zero-order valence-electron chi connectivity index (χ0n) is 12.8. The molecule has 0 aromatic rings. The summed E-state index contributed by atoms with van der Waals surface area (Å²) in [4.78, 5) is 22.5. The molecule has 3 N–H and O–H groups in total. The summed E-state index contributed by atoms with van der Waals surface area (Å²) in [5, 5.41) is 14.0. The van der Waals surface area contributed by atoms with Gasteiger partial charge in [-0.2, -0.15) is 0 Å². The predicted octanol–water partition coefficient (Wildman–Crippen LogP) is 1.99. The number of hydrogen-bond acceptors (Lipinski definition) is 3. The SMILES string of the molecule is CCCC[C@H](NC(=O)NCCOCCC(C)C)C(=O)O. The lowest BCUT2D eigenvalue weighted by molar-refractivity contribution is -0.139. The molecule has 20 heavy (non-hydrogen) atoms. The summed E-state index contributed by atoms with van der Waals surface area (Å²) in [7, 11) is 0. The third kappa shape index (κ3) is 10.6. The van der Waals surface area contributed by atoms with Crippen LogP contribution in [0.5, 0.6) is 0 Å². The van der Waals surface area contributed by atoms with Crippen LogP contribution in [0.25, 0.3) is 0 Å². The molecule has 0 heterocycles. The Kier molecular flexibility index (Phi) is 10.8. The van der Waals surface area contributed by atoms with Crippen LogP contribution < -0.4 is 10.6 Å². The number of carbonyl (C=O) groups excluding carboxylic acids is 1. The highest BCUT2D eigenvalue weighted by atomic mass is 16.5. The zero-order valence-corrected chi connectivity index (χ0v) is 12.8. The number of unbranched alkanes of at least 4 members (excludes halogenated alkanes) is 1. The van der Waals surface area contributed by atoms with Crippen LogP contribution in [-0.2, 0) is 9.53 Å². The summed E-state index contributed by atoms with van der Waals surface area (Å²) in [6.45, 7) is 7.72. The average molecular weight is 288 g/mol. The van der Waals surface area contributed by atoms with E-state index in [9.17, 15) is 9.59 Å². The van der Waals surface area contributed by atoms with E-state index in [4.69, 9.17) is 9.84 Å². The number of aliphatic carboxylic acids is 1. The molecule has 0 bridgehead atoms. The van der Waals surface area contributed by atoms with Crippen LogP contribution in [0.3, 0.4) is 0 Å². The summed E-state index contributed by atoms with van der Waals surface area (Å²) < 4.78 is 5.35. The van der Waals surface area contributed by atoms with Crippen molar-refractivity contribution >= 4 is 12.0 Å². The van der Waals surface area contributed by atoms with Gasteiger partial charge in [-0.15, -0.1) is 0 Å². The van der Waals surface area contributed by atoms with Gasteiger partial charge in [0.25, 0.3) is 0 Å². The van der Waals surface area contributed by atoms with E-state index in [1.807, 2.05) is 6.92 Å². The number of rotatable bonds is 11. The maximum atomic E-state index is 11.5. The first-order valence-corrected chi connectivity index (χ1v) is 7.32. The Hall–Kier alpha value is -1.30. The molecular formula is C14H28N2O4. The van der Waals surface area contributed by atoms with Crippen LogP contribution in [0.2, 0.25) is 0 Å². The monoisotopic (exact) mass is 288 g/mol. The highest BCUT2D eigenvalue weighted by Crippen LogP contribution is 2.00. The van der Waals surface area contributed by atoms with Gasteiger partial charge in [0.1, 0.15) is 6.04 Å². The number of carboxylic acid groups (broad SMARTS) is 1. The quantitative estimate of drug-likeness (QED) is 0.507. The smallest absolute Gasteiger partial charge is 0.326 e. The third-order valence-electron chi connectivity index (χ3n) is 2.82. The van der Waals surface area contributed by atoms with Gasteiger partial charge < -0.3 is 20.5 Å². The average Bonchev–Trinajstić information content (AvgIpc) is 2.37. The van der Waals surface area contributed by atoms with E-state index in [0.717, 1.165) is 19.3 Å². The molecule has 6 nitrogen and oxygen atoms in total. The Bertz CT molecular complexity index is 282. The number of carboxylic acids is 1. The molecule has 0 aliphatic carbocycles. The van der Waals surface area contributed by atoms with Gasteiger partial charge in [-0.05, 0) is 18.8 Å². The summed E-state index contributed by atoms with van der Waals surface area (Å²) >= 11 is 0. The normalized spacial score (nSPS) is 12.2. The molecule has 0 spiro atoms. The molecule has 0 saturated heterocycles. The van der Waals surface area contributed by atoms with Gasteiger partial charge >= 0.3 is 12.0 Å². The van der Waals surface area contributed by atoms with E-state index in [-0.39, 0.29) is 0 Å². The molecule has 0 aromatic carbocycles. The van der Waals surface area contributed by atoms with Crippen molar-refractivity contribution in [3.8, 4) is 0 Å². The molecule has 0 fully saturated rings. The van der Waals surface area contributed by atoms with Gasteiger partial charge in [-0.1, -0.05) is 33.6 Å². The topological polar surface area (TPSA) is 87.7 Å². The first-order chi connectivity index (χ1) is 9.47. The maximum absolute atomic E-state index is 11.5. The number of amides is 2. The van der Waals surface area contributed by atoms with Gasteiger partial charge in [-0.25, -0.2) is 9.59 Å². The maximum Gasteiger partial charge on any atom is 0.326 e.